The third-order valence-electron chi connectivity index (χ3n) is 4.27. The smallest absolute Gasteiger partial charge is 0.311 e. The van der Waals surface area contributed by atoms with Gasteiger partial charge in [-0.3, -0.25) is 9.59 Å². The summed E-state index contributed by atoms with van der Waals surface area (Å²) in [6.45, 7) is 6.22. The number of halogens is 1. The van der Waals surface area contributed by atoms with E-state index in [0.29, 0.717) is 35.2 Å². The fourth-order valence-electron chi connectivity index (χ4n) is 3.19. The molecule has 140 valence electrons. The Balaban J connectivity index is 1.84. The van der Waals surface area contributed by atoms with E-state index in [9.17, 15) is 14.0 Å². The van der Waals surface area contributed by atoms with Gasteiger partial charge in [-0.05, 0) is 58.0 Å². The number of H-pyrrole nitrogens is 2. The van der Waals surface area contributed by atoms with Crippen LogP contribution >= 0.6 is 12.2 Å². The number of hydrogen-bond donors (Lipinski definition) is 2. The Morgan fingerprint density at radius 3 is 2.73 bits per heavy atom. The van der Waals surface area contributed by atoms with Crippen LogP contribution in [0.1, 0.15) is 44.0 Å². The maximum atomic E-state index is 13.9. The fraction of sp³-hybridized carbons (Fsp3) is 0.500. The number of benzene rings is 1. The quantitative estimate of drug-likeness (QED) is 0.618. The van der Waals surface area contributed by atoms with Crippen molar-refractivity contribution < 1.29 is 18.7 Å². The van der Waals surface area contributed by atoms with Crippen molar-refractivity contribution in [2.45, 2.75) is 39.2 Å². The molecule has 1 atom stereocenters. The van der Waals surface area contributed by atoms with Crippen LogP contribution < -0.4 is 0 Å². The number of likely N-dealkylation sites (tertiary alicyclic amines) is 1. The molecule has 3 rings (SSSR count). The highest BCUT2D eigenvalue weighted by atomic mass is 32.1. The first-order chi connectivity index (χ1) is 12.1. The molecule has 0 saturated carbocycles. The zero-order chi connectivity index (χ0) is 19.1. The highest BCUT2D eigenvalue weighted by Gasteiger charge is 2.32. The maximum Gasteiger partial charge on any atom is 0.311 e. The Morgan fingerprint density at radius 2 is 2.04 bits per heavy atom. The molecule has 1 aliphatic heterocycles. The molecular formula is C18H22FN3O3S. The average molecular weight is 379 g/mol. The van der Waals surface area contributed by atoms with Crippen LogP contribution in [0.4, 0.5) is 4.39 Å². The molecule has 1 aliphatic rings. The molecule has 1 amide bonds. The zero-order valence-electron chi connectivity index (χ0n) is 15.0. The first-order valence-corrected chi connectivity index (χ1v) is 8.98. The topological polar surface area (TPSA) is 78.2 Å². The van der Waals surface area contributed by atoms with E-state index >= 15 is 0 Å². The van der Waals surface area contributed by atoms with Gasteiger partial charge in [-0.25, -0.2) is 4.39 Å². The minimum Gasteiger partial charge on any atom is -0.460 e. The van der Waals surface area contributed by atoms with Crippen LogP contribution in [0.2, 0.25) is 0 Å². The van der Waals surface area contributed by atoms with E-state index in [1.807, 2.05) is 20.8 Å². The van der Waals surface area contributed by atoms with Gasteiger partial charge in [-0.1, -0.05) is 0 Å². The number of aromatic amines is 2. The lowest BCUT2D eigenvalue weighted by Crippen LogP contribution is -2.44. The zero-order valence-corrected chi connectivity index (χ0v) is 15.8. The monoisotopic (exact) mass is 379 g/mol. The summed E-state index contributed by atoms with van der Waals surface area (Å²) in [4.78, 5) is 32.6. The van der Waals surface area contributed by atoms with Crippen molar-refractivity contribution in [3.63, 3.8) is 0 Å². The van der Waals surface area contributed by atoms with Gasteiger partial charge in [0.15, 0.2) is 4.77 Å². The average Bonchev–Trinajstić information content (AvgIpc) is 2.92. The predicted octanol–water partition coefficient (Wildman–Crippen LogP) is 3.56. The van der Waals surface area contributed by atoms with Crippen molar-refractivity contribution >= 4 is 35.1 Å². The Labute approximate surface area is 155 Å². The molecule has 2 heterocycles. The van der Waals surface area contributed by atoms with Gasteiger partial charge in [-0.2, -0.15) is 0 Å². The first kappa shape index (κ1) is 18.6. The number of carbonyl (C=O) groups is 2. The molecule has 0 radical (unpaired) electrons. The van der Waals surface area contributed by atoms with Crippen LogP contribution in [0.3, 0.4) is 0 Å². The molecule has 1 aromatic carbocycles. The highest BCUT2D eigenvalue weighted by molar-refractivity contribution is 7.71. The Morgan fingerprint density at radius 1 is 1.31 bits per heavy atom. The predicted molar refractivity (Wildman–Crippen MR) is 97.9 cm³/mol. The second kappa shape index (κ2) is 6.83. The number of aromatic nitrogens is 2. The normalized spacial score (nSPS) is 18.2. The molecule has 1 unspecified atom stereocenters. The van der Waals surface area contributed by atoms with Gasteiger partial charge in [0.2, 0.25) is 0 Å². The third-order valence-corrected chi connectivity index (χ3v) is 4.47. The largest absolute Gasteiger partial charge is 0.460 e. The number of imidazole rings is 1. The van der Waals surface area contributed by atoms with Crippen LogP contribution in [0.5, 0.6) is 0 Å². The second-order valence-corrected chi connectivity index (χ2v) is 7.99. The lowest BCUT2D eigenvalue weighted by Gasteiger charge is -2.33. The number of nitrogens with one attached hydrogen (secondary N) is 2. The van der Waals surface area contributed by atoms with E-state index in [2.05, 4.69) is 9.97 Å². The Hall–Kier alpha value is -2.22. The van der Waals surface area contributed by atoms with Gasteiger partial charge in [0.05, 0.1) is 22.5 Å². The van der Waals surface area contributed by atoms with Crippen molar-refractivity contribution in [2.24, 2.45) is 5.92 Å². The molecule has 26 heavy (non-hydrogen) atoms. The van der Waals surface area contributed by atoms with Crippen LogP contribution in [-0.4, -0.2) is 45.4 Å². The van der Waals surface area contributed by atoms with Crippen LogP contribution in [0, 0.1) is 16.5 Å². The van der Waals surface area contributed by atoms with Crippen molar-refractivity contribution in [1.29, 1.82) is 0 Å². The lowest BCUT2D eigenvalue weighted by atomic mass is 9.97. The first-order valence-electron chi connectivity index (χ1n) is 8.58. The molecule has 1 aromatic heterocycles. The van der Waals surface area contributed by atoms with E-state index in [1.165, 1.54) is 12.1 Å². The van der Waals surface area contributed by atoms with E-state index < -0.39 is 11.4 Å². The number of fused-ring (bicyclic) bond motifs is 1. The van der Waals surface area contributed by atoms with Crippen LogP contribution in [-0.2, 0) is 9.53 Å². The summed E-state index contributed by atoms with van der Waals surface area (Å²) in [5, 5.41) is 0. The Bertz CT molecular complexity index is 913. The second-order valence-electron chi connectivity index (χ2n) is 7.58. The molecule has 1 saturated heterocycles. The minimum atomic E-state index is -0.571. The fourth-order valence-corrected chi connectivity index (χ4v) is 3.40. The number of piperidine rings is 1. The summed E-state index contributed by atoms with van der Waals surface area (Å²) in [5.74, 6) is -1.53. The number of esters is 1. The van der Waals surface area contributed by atoms with E-state index in [0.717, 1.165) is 0 Å². The summed E-state index contributed by atoms with van der Waals surface area (Å²) < 4.78 is 19.7. The standard InChI is InChI=1S/C18H22FN3O3S/c1-18(2,3)25-16(24)10-5-4-6-22(9-10)15(23)12-7-11(19)8-13-14(12)21-17(26)20-13/h7-8,10H,4-6,9H2,1-3H3,(H2,20,21,26). The Kier molecular flexibility index (Phi) is 4.88. The van der Waals surface area contributed by atoms with Crippen LogP contribution in [0.25, 0.3) is 11.0 Å². The molecule has 6 nitrogen and oxygen atoms in total. The summed E-state index contributed by atoms with van der Waals surface area (Å²) in [6, 6.07) is 2.49. The van der Waals surface area contributed by atoms with Crippen molar-refractivity contribution in [3.8, 4) is 0 Å². The van der Waals surface area contributed by atoms with E-state index in [-0.39, 0.29) is 29.9 Å². The van der Waals surface area contributed by atoms with Gasteiger partial charge < -0.3 is 19.6 Å². The SMILES string of the molecule is CC(C)(C)OC(=O)C1CCCN(C(=O)c2cc(F)cc3[nH]c(=S)[nH]c23)C1. The molecular weight excluding hydrogens is 357 g/mol. The number of amides is 1. The van der Waals surface area contributed by atoms with Crippen LogP contribution in [0.15, 0.2) is 12.1 Å². The number of nitrogens with zero attached hydrogens (tertiary/aromatic N) is 1. The molecule has 8 heteroatoms. The molecule has 2 N–H and O–H groups in total. The summed E-state index contributed by atoms with van der Waals surface area (Å²) in [6.07, 6.45) is 1.36. The number of ether oxygens (including phenoxy) is 1. The van der Waals surface area contributed by atoms with Crippen molar-refractivity contribution in [3.05, 3.63) is 28.3 Å². The number of hydrogen-bond acceptors (Lipinski definition) is 4. The minimum absolute atomic E-state index is 0.206. The van der Waals surface area contributed by atoms with E-state index in [1.54, 1.807) is 4.90 Å². The summed E-state index contributed by atoms with van der Waals surface area (Å²) in [7, 11) is 0. The molecule has 1 fully saturated rings. The molecule has 0 bridgehead atoms. The molecule has 2 aromatic rings. The van der Waals surface area contributed by atoms with Crippen molar-refractivity contribution in [1.82, 2.24) is 14.9 Å². The molecule has 0 spiro atoms. The number of rotatable bonds is 2. The lowest BCUT2D eigenvalue weighted by molar-refractivity contribution is -0.161. The summed E-state index contributed by atoms with van der Waals surface area (Å²) in [5.41, 5.74) is 0.551. The van der Waals surface area contributed by atoms with Gasteiger partial charge in [-0.15, -0.1) is 0 Å². The van der Waals surface area contributed by atoms with E-state index in [4.69, 9.17) is 17.0 Å². The van der Waals surface area contributed by atoms with Gasteiger partial charge in [0.1, 0.15) is 11.4 Å². The summed E-state index contributed by atoms with van der Waals surface area (Å²) >= 11 is 5.04. The highest BCUT2D eigenvalue weighted by Crippen LogP contribution is 2.25. The molecule has 0 aliphatic carbocycles. The third kappa shape index (κ3) is 3.95. The van der Waals surface area contributed by atoms with Gasteiger partial charge >= 0.3 is 5.97 Å². The van der Waals surface area contributed by atoms with Gasteiger partial charge in [0, 0.05) is 13.1 Å². The maximum absolute atomic E-state index is 13.9. The van der Waals surface area contributed by atoms with Gasteiger partial charge in [0.25, 0.3) is 5.91 Å². The van der Waals surface area contributed by atoms with Crippen molar-refractivity contribution in [2.75, 3.05) is 13.1 Å². The number of carbonyl (C=O) groups excluding carboxylic acids is 2.